The summed E-state index contributed by atoms with van der Waals surface area (Å²) >= 11 is 12.7. The van der Waals surface area contributed by atoms with Crippen molar-refractivity contribution in [3.05, 3.63) is 129 Å². The summed E-state index contributed by atoms with van der Waals surface area (Å²) in [7, 11) is 1.57. The van der Waals surface area contributed by atoms with Gasteiger partial charge in [0.15, 0.2) is 5.78 Å². The number of benzene rings is 3. The van der Waals surface area contributed by atoms with Crippen molar-refractivity contribution < 1.29 is 62.5 Å². The first kappa shape index (κ1) is 66.2. The molecule has 3 aromatic carbocycles. The van der Waals surface area contributed by atoms with Crippen molar-refractivity contribution in [3.8, 4) is 11.5 Å². The second-order valence-corrected chi connectivity index (χ2v) is 25.2. The zero-order valence-corrected chi connectivity index (χ0v) is 52.9. The predicted octanol–water partition coefficient (Wildman–Crippen LogP) is 7.84. The number of aromatic nitrogens is 3. The van der Waals surface area contributed by atoms with Crippen LogP contribution < -0.4 is 14.8 Å². The number of ether oxygens (including phenoxy) is 7. The Bertz CT molecular complexity index is 3160. The summed E-state index contributed by atoms with van der Waals surface area (Å²) in [6.45, 7) is 19.5. The minimum absolute atomic E-state index is 0.0514. The lowest BCUT2D eigenvalue weighted by Crippen LogP contribution is -2.57. The number of amidine groups is 1. The van der Waals surface area contributed by atoms with Crippen molar-refractivity contribution in [2.75, 3.05) is 92.7 Å². The van der Waals surface area contributed by atoms with E-state index in [0.717, 1.165) is 23.1 Å². The molecule has 2 saturated carbocycles. The molecule has 0 bridgehead atoms. The van der Waals surface area contributed by atoms with Gasteiger partial charge in [-0.1, -0.05) is 86.1 Å². The lowest BCUT2D eigenvalue weighted by atomic mass is 9.77. The van der Waals surface area contributed by atoms with E-state index in [4.69, 9.17) is 61.4 Å². The molecule has 476 valence electrons. The van der Waals surface area contributed by atoms with Gasteiger partial charge in [0.2, 0.25) is 11.8 Å². The highest BCUT2D eigenvalue weighted by molar-refractivity contribution is 6.30. The number of ketones is 1. The largest absolute Gasteiger partial charge is 0.497 e. The van der Waals surface area contributed by atoms with Gasteiger partial charge in [0.25, 0.3) is 0 Å². The number of allylic oxidation sites excluding steroid dienone is 1. The fourth-order valence-electron chi connectivity index (χ4n) is 12.7. The van der Waals surface area contributed by atoms with Gasteiger partial charge in [-0.05, 0) is 122 Å². The van der Waals surface area contributed by atoms with E-state index >= 15 is 4.79 Å². The molecule has 9 atom stereocenters. The number of aliphatic hydroxyl groups excluding tert-OH is 1. The van der Waals surface area contributed by atoms with E-state index in [9.17, 15) is 24.6 Å². The second kappa shape index (κ2) is 29.6. The summed E-state index contributed by atoms with van der Waals surface area (Å²) in [6, 6.07) is 18.3. The molecule has 4 aromatic rings. The standard InChI is InChI=1S/C65H84Cl2N8O13/c1-40(2)88-53-34-49(82-8)18-19-50(53)62-69-57(44-10-14-46(66)15-11-44)58(45-12-16-47(67)17-13-45)75(62)63(80)73-23-22-72(55(77)38-73)37-54(76)68-21-25-83-27-29-85-31-32-86-30-28-84-26-24-74-36-48(70-71-74)39-87-60-41(3)9-20-51-52(64(51,6)7)33-42(4)61(79)65(81)35-43(5)59(78)56(60)65/h10-19,33-34,36,40,43,51-52,56-60,78,81H,3,9,20-32,35,37-39H2,1-2,4-8H3,(H,68,76)/b42-33+/t43-,51-,52+,56+,57+,58-,59-,60-,65+/m0/s1. The summed E-state index contributed by atoms with van der Waals surface area (Å²) in [4.78, 5) is 65.6. The molecule has 0 unspecified atom stereocenters. The van der Waals surface area contributed by atoms with Gasteiger partial charge in [0.05, 0.1) is 122 Å². The number of methoxy groups -OCH3 is 1. The molecular weight excluding hydrogens is 1170 g/mol. The Kier molecular flexibility index (Phi) is 22.2. The van der Waals surface area contributed by atoms with Crippen molar-refractivity contribution in [2.24, 2.45) is 34.1 Å². The minimum Gasteiger partial charge on any atom is -0.497 e. The van der Waals surface area contributed by atoms with Gasteiger partial charge in [-0.2, -0.15) is 0 Å². The molecule has 88 heavy (non-hydrogen) atoms. The first-order valence-corrected chi connectivity index (χ1v) is 31.1. The quantitative estimate of drug-likeness (QED) is 0.0401. The van der Waals surface area contributed by atoms with E-state index in [1.165, 1.54) is 9.80 Å². The molecule has 23 heteroatoms. The highest BCUT2D eigenvalue weighted by Crippen LogP contribution is 2.62. The van der Waals surface area contributed by atoms with E-state index in [2.05, 4.69) is 36.1 Å². The van der Waals surface area contributed by atoms with Crippen molar-refractivity contribution in [2.45, 2.75) is 110 Å². The molecule has 0 spiro atoms. The van der Waals surface area contributed by atoms with E-state index in [1.807, 2.05) is 57.2 Å². The number of hydrogen-bond donors (Lipinski definition) is 3. The molecule has 21 nitrogen and oxygen atoms in total. The summed E-state index contributed by atoms with van der Waals surface area (Å²) < 4.78 is 42.6. The number of carbonyl (C=O) groups excluding carboxylic acids is 4. The molecular formula is C65H84Cl2N8O13. The SMILES string of the molecule is C=C1CC[C@H]2[C@@H](/C=C(\C)C(=O)[C@@]3(O)C[C@H](C)[C@H](O)[C@@H]3[C@H]1OCc1cn(CCOCCOCCOCCOCCNC(=O)CN3CCN(C(=O)N4C(c5ccc(OC)cc5OC(C)C)=N[C@H](c5ccc(Cl)cc5)[C@@H]4c4ccc(Cl)cc4)CC3=O)nn1)C2(C)C. The van der Waals surface area contributed by atoms with Crippen molar-refractivity contribution in [1.82, 2.24) is 35.0 Å². The number of aliphatic imine (C=N–C) groups is 1. The second-order valence-electron chi connectivity index (χ2n) is 24.3. The Labute approximate surface area is 525 Å². The molecule has 3 N–H and O–H groups in total. The third-order valence-corrected chi connectivity index (χ3v) is 18.0. The number of nitrogens with one attached hydrogen (secondary N) is 1. The lowest BCUT2D eigenvalue weighted by Gasteiger charge is -2.38. The Morgan fingerprint density at radius 2 is 1.53 bits per heavy atom. The summed E-state index contributed by atoms with van der Waals surface area (Å²) in [5.74, 6) is -0.254. The first-order valence-electron chi connectivity index (χ1n) is 30.4. The molecule has 0 radical (unpaired) electrons. The van der Waals surface area contributed by atoms with Crippen LogP contribution in [-0.4, -0.2) is 186 Å². The Balaban J connectivity index is 0.650. The van der Waals surface area contributed by atoms with Gasteiger partial charge < -0.3 is 58.5 Å². The van der Waals surface area contributed by atoms with Gasteiger partial charge in [-0.15, -0.1) is 5.10 Å². The number of piperazine rings is 1. The van der Waals surface area contributed by atoms with Crippen LogP contribution >= 0.6 is 23.2 Å². The van der Waals surface area contributed by atoms with Crippen LogP contribution in [0, 0.1) is 29.1 Å². The molecule has 3 heterocycles. The maximum atomic E-state index is 15.1. The number of Topliss-reactive ketones (excluding diaryl/α,β-unsaturated/α-hetero) is 1. The maximum Gasteiger partial charge on any atom is 0.326 e. The van der Waals surface area contributed by atoms with Crippen molar-refractivity contribution >= 4 is 52.7 Å². The third-order valence-electron chi connectivity index (χ3n) is 17.5. The van der Waals surface area contributed by atoms with E-state index in [-0.39, 0.29) is 93.3 Å². The molecule has 3 fully saturated rings. The average Bonchev–Trinajstić information content (AvgIpc) is 1.64. The highest BCUT2D eigenvalue weighted by Gasteiger charge is 2.61. The minimum atomic E-state index is -1.79. The van der Waals surface area contributed by atoms with Crippen LogP contribution in [0.15, 0.2) is 102 Å². The van der Waals surface area contributed by atoms with E-state index in [0.29, 0.717) is 109 Å². The third kappa shape index (κ3) is 15.6. The monoisotopic (exact) mass is 1250 g/mol. The van der Waals surface area contributed by atoms with Crippen LogP contribution in [0.5, 0.6) is 11.5 Å². The van der Waals surface area contributed by atoms with Gasteiger partial charge >= 0.3 is 6.03 Å². The van der Waals surface area contributed by atoms with E-state index in [1.54, 1.807) is 66.2 Å². The summed E-state index contributed by atoms with van der Waals surface area (Å²) in [5, 5.41) is 35.9. The Morgan fingerprint density at radius 3 is 2.18 bits per heavy atom. The highest BCUT2D eigenvalue weighted by atomic mass is 35.5. The summed E-state index contributed by atoms with van der Waals surface area (Å²) in [6.07, 6.45) is 3.52. The van der Waals surface area contributed by atoms with Gasteiger partial charge in [0, 0.05) is 35.7 Å². The maximum absolute atomic E-state index is 15.1. The first-order chi connectivity index (χ1) is 42.2. The average molecular weight is 1260 g/mol. The smallest absolute Gasteiger partial charge is 0.326 e. The van der Waals surface area contributed by atoms with Crippen LogP contribution in [0.4, 0.5) is 4.79 Å². The number of nitrogens with zero attached hydrogens (tertiary/aromatic N) is 7. The number of urea groups is 1. The predicted molar refractivity (Wildman–Crippen MR) is 330 cm³/mol. The fourth-order valence-corrected chi connectivity index (χ4v) is 12.9. The number of carbonyl (C=O) groups is 4. The van der Waals surface area contributed by atoms with Crippen LogP contribution in [0.25, 0.3) is 0 Å². The number of amides is 4. The lowest BCUT2D eigenvalue weighted by molar-refractivity contribution is -0.148. The van der Waals surface area contributed by atoms with Crippen molar-refractivity contribution in [1.29, 1.82) is 0 Å². The van der Waals surface area contributed by atoms with Gasteiger partial charge in [-0.3, -0.25) is 24.3 Å². The van der Waals surface area contributed by atoms with E-state index < -0.39 is 41.8 Å². The number of aliphatic hydroxyl groups is 2. The molecule has 2 aliphatic heterocycles. The van der Waals surface area contributed by atoms with Gasteiger partial charge in [-0.25, -0.2) is 9.48 Å². The molecule has 9 rings (SSSR count). The Hall–Kier alpha value is -6.27. The molecule has 5 aliphatic rings. The molecule has 4 amide bonds. The molecule has 1 aromatic heterocycles. The fraction of sp³-hybridized carbons (Fsp3) is 0.554. The van der Waals surface area contributed by atoms with Crippen molar-refractivity contribution in [3.63, 3.8) is 0 Å². The number of rotatable bonds is 26. The molecule has 1 saturated heterocycles. The normalized spacial score (nSPS) is 25.9. The van der Waals surface area contributed by atoms with Crippen LogP contribution in [-0.2, 0) is 51.2 Å². The Morgan fingerprint density at radius 1 is 0.886 bits per heavy atom. The zero-order valence-electron chi connectivity index (χ0n) is 51.4. The zero-order chi connectivity index (χ0) is 62.9. The van der Waals surface area contributed by atoms with Crippen LogP contribution in [0.2, 0.25) is 10.0 Å². The number of fused-ring (bicyclic) bond motifs is 2. The number of halogens is 2. The topological polar surface area (TPSA) is 238 Å². The van der Waals surface area contributed by atoms with Crippen LogP contribution in [0.1, 0.15) is 95.3 Å². The van der Waals surface area contributed by atoms with Gasteiger partial charge in [0.1, 0.15) is 41.2 Å². The summed E-state index contributed by atoms with van der Waals surface area (Å²) in [5.41, 5.74) is 2.26. The molecule has 3 aliphatic carbocycles. The van der Waals surface area contributed by atoms with Crippen LogP contribution in [0.3, 0.4) is 0 Å². The number of hydrogen-bond acceptors (Lipinski definition) is 16.